The Labute approximate surface area is 108 Å². The Morgan fingerprint density at radius 1 is 1.47 bits per heavy atom. The van der Waals surface area contributed by atoms with Gasteiger partial charge < -0.3 is 14.4 Å². The number of aliphatic hydroxyl groups excluding tert-OH is 1. The number of nitro groups is 1. The molecule has 19 heavy (non-hydrogen) atoms. The number of benzene rings is 1. The first kappa shape index (κ1) is 13.0. The van der Waals surface area contributed by atoms with Crippen LogP contribution in [0, 0.1) is 17.0 Å². The molecule has 0 amide bonds. The molecule has 1 aromatic carbocycles. The van der Waals surface area contributed by atoms with Crippen LogP contribution >= 0.6 is 0 Å². The normalized spacial score (nSPS) is 10.4. The van der Waals surface area contributed by atoms with E-state index in [2.05, 4.69) is 5.16 Å². The van der Waals surface area contributed by atoms with Crippen molar-refractivity contribution in [1.82, 2.24) is 5.16 Å². The van der Waals surface area contributed by atoms with Gasteiger partial charge in [0.1, 0.15) is 18.1 Å². The number of aliphatic hydroxyl groups is 1. The van der Waals surface area contributed by atoms with Crippen molar-refractivity contribution in [2.75, 3.05) is 0 Å². The second-order valence-electron chi connectivity index (χ2n) is 3.93. The number of ether oxygens (including phenoxy) is 1. The van der Waals surface area contributed by atoms with Crippen molar-refractivity contribution in [2.45, 2.75) is 20.1 Å². The van der Waals surface area contributed by atoms with Gasteiger partial charge in [-0.05, 0) is 18.6 Å². The second-order valence-corrected chi connectivity index (χ2v) is 3.93. The van der Waals surface area contributed by atoms with Crippen molar-refractivity contribution in [1.29, 1.82) is 0 Å². The number of hydrogen-bond acceptors (Lipinski definition) is 6. The lowest BCUT2D eigenvalue weighted by atomic mass is 10.2. The smallest absolute Gasteiger partial charge is 0.311 e. The Bertz CT molecular complexity index is 594. The van der Waals surface area contributed by atoms with Gasteiger partial charge in [0.05, 0.1) is 11.5 Å². The first-order valence-electron chi connectivity index (χ1n) is 5.53. The summed E-state index contributed by atoms with van der Waals surface area (Å²) in [5.74, 6) is 0.770. The molecule has 0 atom stereocenters. The van der Waals surface area contributed by atoms with E-state index in [-0.39, 0.29) is 24.7 Å². The molecule has 0 aliphatic rings. The summed E-state index contributed by atoms with van der Waals surface area (Å²) in [6.07, 6.45) is 0. The first-order chi connectivity index (χ1) is 9.10. The quantitative estimate of drug-likeness (QED) is 0.654. The topological polar surface area (TPSA) is 98.6 Å². The molecule has 0 saturated carbocycles. The summed E-state index contributed by atoms with van der Waals surface area (Å²) in [5, 5.41) is 23.6. The molecule has 2 aromatic rings. The Kier molecular flexibility index (Phi) is 3.76. The number of aryl methyl sites for hydroxylation is 1. The van der Waals surface area contributed by atoms with Crippen molar-refractivity contribution in [3.63, 3.8) is 0 Å². The van der Waals surface area contributed by atoms with Crippen LogP contribution in [0.15, 0.2) is 28.8 Å². The van der Waals surface area contributed by atoms with Crippen LogP contribution in [0.4, 0.5) is 5.69 Å². The molecule has 0 radical (unpaired) electrons. The van der Waals surface area contributed by atoms with E-state index in [0.29, 0.717) is 17.0 Å². The molecule has 7 heteroatoms. The van der Waals surface area contributed by atoms with Gasteiger partial charge in [-0.3, -0.25) is 10.1 Å². The highest BCUT2D eigenvalue weighted by Crippen LogP contribution is 2.28. The van der Waals surface area contributed by atoms with E-state index in [4.69, 9.17) is 14.4 Å². The molecule has 0 aliphatic carbocycles. The van der Waals surface area contributed by atoms with Crippen LogP contribution in [-0.2, 0) is 13.2 Å². The molecule has 0 aliphatic heterocycles. The maximum Gasteiger partial charge on any atom is 0.311 e. The molecule has 1 heterocycles. The lowest BCUT2D eigenvalue weighted by Crippen LogP contribution is -2.00. The zero-order chi connectivity index (χ0) is 13.8. The standard InChI is InChI=1S/C12H12N2O5/c1-8-4-10(13-19-8)7-18-12-3-2-9(6-15)5-11(12)14(16)17/h2-5,15H,6-7H2,1H3. The third kappa shape index (κ3) is 3.08. The van der Waals surface area contributed by atoms with Gasteiger partial charge in [0.15, 0.2) is 5.75 Å². The Balaban J connectivity index is 2.17. The van der Waals surface area contributed by atoms with Crippen LogP contribution in [0.5, 0.6) is 5.75 Å². The van der Waals surface area contributed by atoms with E-state index in [1.165, 1.54) is 12.1 Å². The fourth-order valence-corrected chi connectivity index (χ4v) is 1.56. The number of rotatable bonds is 5. The molecule has 0 fully saturated rings. The maximum absolute atomic E-state index is 10.9. The third-order valence-electron chi connectivity index (χ3n) is 2.45. The molecule has 7 nitrogen and oxygen atoms in total. The molecule has 1 N–H and O–H groups in total. The van der Waals surface area contributed by atoms with Gasteiger partial charge in [0, 0.05) is 12.1 Å². The first-order valence-corrected chi connectivity index (χ1v) is 5.53. The van der Waals surface area contributed by atoms with Crippen LogP contribution in [0.3, 0.4) is 0 Å². The van der Waals surface area contributed by atoms with Crippen LogP contribution < -0.4 is 4.74 Å². The predicted octanol–water partition coefficient (Wildman–Crippen LogP) is 1.96. The molecule has 0 saturated heterocycles. The van der Waals surface area contributed by atoms with Crippen LogP contribution in [0.2, 0.25) is 0 Å². The average molecular weight is 264 g/mol. The van der Waals surface area contributed by atoms with Gasteiger partial charge in [-0.25, -0.2) is 0 Å². The van der Waals surface area contributed by atoms with E-state index >= 15 is 0 Å². The summed E-state index contributed by atoms with van der Waals surface area (Å²) in [6, 6.07) is 5.99. The monoisotopic (exact) mass is 264 g/mol. The molecule has 0 unspecified atom stereocenters. The fraction of sp³-hybridized carbons (Fsp3) is 0.250. The summed E-state index contributed by atoms with van der Waals surface area (Å²) in [4.78, 5) is 10.4. The summed E-state index contributed by atoms with van der Waals surface area (Å²) >= 11 is 0. The molecule has 2 rings (SSSR count). The highest BCUT2D eigenvalue weighted by atomic mass is 16.6. The maximum atomic E-state index is 10.9. The van der Waals surface area contributed by atoms with E-state index in [1.54, 1.807) is 19.1 Å². The van der Waals surface area contributed by atoms with Crippen molar-refractivity contribution >= 4 is 5.69 Å². The molecule has 100 valence electrons. The number of hydrogen-bond donors (Lipinski definition) is 1. The predicted molar refractivity (Wildman–Crippen MR) is 64.6 cm³/mol. The highest BCUT2D eigenvalue weighted by Gasteiger charge is 2.16. The van der Waals surface area contributed by atoms with E-state index in [0.717, 1.165) is 0 Å². The van der Waals surface area contributed by atoms with E-state index in [9.17, 15) is 10.1 Å². The molecular formula is C12H12N2O5. The zero-order valence-corrected chi connectivity index (χ0v) is 10.2. The SMILES string of the molecule is Cc1cc(COc2ccc(CO)cc2[N+](=O)[O-])no1. The minimum atomic E-state index is -0.553. The average Bonchev–Trinajstić information content (AvgIpc) is 2.82. The third-order valence-corrected chi connectivity index (χ3v) is 2.45. The lowest BCUT2D eigenvalue weighted by molar-refractivity contribution is -0.386. The summed E-state index contributed by atoms with van der Waals surface area (Å²) in [5.41, 5.74) is 0.820. The van der Waals surface area contributed by atoms with Crippen molar-refractivity contribution in [3.05, 3.63) is 51.4 Å². The van der Waals surface area contributed by atoms with Crippen molar-refractivity contribution < 1.29 is 19.3 Å². The van der Waals surface area contributed by atoms with Gasteiger partial charge in [-0.15, -0.1) is 0 Å². The van der Waals surface area contributed by atoms with Crippen LogP contribution in [0.1, 0.15) is 17.0 Å². The van der Waals surface area contributed by atoms with Crippen LogP contribution in [-0.4, -0.2) is 15.2 Å². The van der Waals surface area contributed by atoms with Gasteiger partial charge in [0.2, 0.25) is 0 Å². The largest absolute Gasteiger partial charge is 0.480 e. The Morgan fingerprint density at radius 3 is 2.84 bits per heavy atom. The molecule has 1 aromatic heterocycles. The number of aromatic nitrogens is 1. The minimum Gasteiger partial charge on any atom is -0.480 e. The number of nitrogens with zero attached hydrogens (tertiary/aromatic N) is 2. The van der Waals surface area contributed by atoms with Gasteiger partial charge in [-0.1, -0.05) is 11.2 Å². The van der Waals surface area contributed by atoms with Gasteiger partial charge in [0.25, 0.3) is 0 Å². The second kappa shape index (κ2) is 5.49. The van der Waals surface area contributed by atoms with E-state index < -0.39 is 4.92 Å². The Morgan fingerprint density at radius 2 is 2.26 bits per heavy atom. The molecule has 0 bridgehead atoms. The summed E-state index contributed by atoms with van der Waals surface area (Å²) < 4.78 is 10.2. The summed E-state index contributed by atoms with van der Waals surface area (Å²) in [6.45, 7) is 1.56. The Hall–Kier alpha value is -2.41. The molecular weight excluding hydrogens is 252 g/mol. The minimum absolute atomic E-state index is 0.0800. The fourth-order valence-electron chi connectivity index (χ4n) is 1.56. The van der Waals surface area contributed by atoms with Gasteiger partial charge in [-0.2, -0.15) is 0 Å². The highest BCUT2D eigenvalue weighted by molar-refractivity contribution is 5.48. The van der Waals surface area contributed by atoms with Crippen molar-refractivity contribution in [2.24, 2.45) is 0 Å². The lowest BCUT2D eigenvalue weighted by Gasteiger charge is -2.05. The number of nitro benzene ring substituents is 1. The van der Waals surface area contributed by atoms with Crippen molar-refractivity contribution in [3.8, 4) is 5.75 Å². The van der Waals surface area contributed by atoms with E-state index in [1.807, 2.05) is 0 Å². The molecule has 0 spiro atoms. The summed E-state index contributed by atoms with van der Waals surface area (Å²) in [7, 11) is 0. The zero-order valence-electron chi connectivity index (χ0n) is 10.2. The van der Waals surface area contributed by atoms with Crippen LogP contribution in [0.25, 0.3) is 0 Å². The van der Waals surface area contributed by atoms with Gasteiger partial charge >= 0.3 is 5.69 Å².